The average Bonchev–Trinajstić information content (AvgIpc) is 3.02. The molecule has 0 fully saturated rings. The van der Waals surface area contributed by atoms with Crippen LogP contribution in [-0.4, -0.2) is 35.3 Å². The van der Waals surface area contributed by atoms with Crippen LogP contribution in [0, 0.1) is 6.92 Å². The van der Waals surface area contributed by atoms with E-state index in [1.807, 2.05) is 0 Å². The Bertz CT molecular complexity index is 896. The van der Waals surface area contributed by atoms with E-state index < -0.39 is 23.6 Å². The summed E-state index contributed by atoms with van der Waals surface area (Å²) in [6.07, 6.45) is -3.20. The van der Waals surface area contributed by atoms with Crippen molar-refractivity contribution in [2.45, 2.75) is 33.5 Å². The molecule has 6 nitrogen and oxygen atoms in total. The summed E-state index contributed by atoms with van der Waals surface area (Å²) in [5, 5.41) is 4.07. The van der Waals surface area contributed by atoms with Crippen LogP contribution in [0.15, 0.2) is 24.4 Å². The zero-order chi connectivity index (χ0) is 19.2. The molecule has 0 aliphatic carbocycles. The van der Waals surface area contributed by atoms with Crippen molar-refractivity contribution in [3.63, 3.8) is 0 Å². The fraction of sp³-hybridized carbons (Fsp3) is 0.389. The van der Waals surface area contributed by atoms with E-state index in [1.54, 1.807) is 6.92 Å². The van der Waals surface area contributed by atoms with E-state index in [-0.39, 0.29) is 50.3 Å². The summed E-state index contributed by atoms with van der Waals surface area (Å²) in [6.45, 7) is 3.36. The standard InChI is InChI=1S/C17H16F3N3O3.CH4.H2S/c1-9-6-11(4-5-13(9)17(18,19)20)22-8-10(2)23-14(15(22)24)12(7-21-23)16(25)26-3;;/h4-7,10H,8H2,1-3H3;1H4;1H2/t10-;;/m0../s1. The molecule has 2 aromatic rings. The Morgan fingerprint density at radius 1 is 1.32 bits per heavy atom. The third-order valence-corrected chi connectivity index (χ3v) is 4.34. The van der Waals surface area contributed by atoms with Crippen LogP contribution >= 0.6 is 13.5 Å². The molecule has 10 heteroatoms. The van der Waals surface area contributed by atoms with Gasteiger partial charge in [-0.1, -0.05) is 7.43 Å². The number of hydrogen-bond acceptors (Lipinski definition) is 4. The van der Waals surface area contributed by atoms with Crippen molar-refractivity contribution < 1.29 is 27.5 Å². The highest BCUT2D eigenvalue weighted by atomic mass is 32.1. The second-order valence-corrected chi connectivity index (χ2v) is 6.10. The number of carbonyl (C=O) groups is 2. The number of fused-ring (bicyclic) bond motifs is 1. The summed E-state index contributed by atoms with van der Waals surface area (Å²) in [5.74, 6) is -1.21. The van der Waals surface area contributed by atoms with E-state index in [1.165, 1.54) is 41.9 Å². The lowest BCUT2D eigenvalue weighted by Crippen LogP contribution is -2.43. The van der Waals surface area contributed by atoms with Gasteiger partial charge < -0.3 is 9.64 Å². The van der Waals surface area contributed by atoms with Gasteiger partial charge in [-0.25, -0.2) is 4.79 Å². The van der Waals surface area contributed by atoms with Crippen LogP contribution in [0.25, 0.3) is 0 Å². The number of aromatic nitrogens is 2. The molecule has 3 rings (SSSR count). The first-order chi connectivity index (χ1) is 12.1. The Morgan fingerprint density at radius 3 is 2.50 bits per heavy atom. The number of anilines is 1. The molecule has 0 N–H and O–H groups in total. The third-order valence-electron chi connectivity index (χ3n) is 4.34. The first-order valence-corrected chi connectivity index (χ1v) is 7.80. The van der Waals surface area contributed by atoms with Crippen LogP contribution in [0.5, 0.6) is 0 Å². The number of esters is 1. The number of nitrogens with zero attached hydrogens (tertiary/aromatic N) is 3. The summed E-state index contributed by atoms with van der Waals surface area (Å²) in [7, 11) is 1.19. The quantitative estimate of drug-likeness (QED) is 0.694. The second kappa shape index (κ2) is 8.26. The van der Waals surface area contributed by atoms with Gasteiger partial charge in [0.2, 0.25) is 0 Å². The van der Waals surface area contributed by atoms with Crippen molar-refractivity contribution >= 4 is 31.1 Å². The van der Waals surface area contributed by atoms with E-state index >= 15 is 0 Å². The summed E-state index contributed by atoms with van der Waals surface area (Å²) in [5.41, 5.74) is -0.316. The van der Waals surface area contributed by atoms with Crippen LogP contribution in [-0.2, 0) is 10.9 Å². The van der Waals surface area contributed by atoms with Gasteiger partial charge in [0.15, 0.2) is 0 Å². The fourth-order valence-electron chi connectivity index (χ4n) is 3.08. The maximum Gasteiger partial charge on any atom is 0.416 e. The van der Waals surface area contributed by atoms with Crippen molar-refractivity contribution in [1.82, 2.24) is 9.78 Å². The summed E-state index contributed by atoms with van der Waals surface area (Å²) in [6, 6.07) is 3.26. The van der Waals surface area contributed by atoms with Gasteiger partial charge >= 0.3 is 12.1 Å². The molecular formula is C18H22F3N3O3S. The van der Waals surface area contributed by atoms with E-state index in [0.29, 0.717) is 5.69 Å². The van der Waals surface area contributed by atoms with Crippen LogP contribution in [0.4, 0.5) is 18.9 Å². The van der Waals surface area contributed by atoms with E-state index in [2.05, 4.69) is 9.84 Å². The molecule has 0 unspecified atom stereocenters. The number of rotatable bonds is 2. The van der Waals surface area contributed by atoms with Crippen molar-refractivity contribution in [2.75, 3.05) is 18.6 Å². The molecule has 1 aromatic carbocycles. The molecule has 1 atom stereocenters. The first kappa shape index (κ1) is 23.5. The number of carbonyl (C=O) groups excluding carboxylic acids is 2. The van der Waals surface area contributed by atoms with Gasteiger partial charge in [-0.2, -0.15) is 31.8 Å². The van der Waals surface area contributed by atoms with Gasteiger partial charge in [-0.15, -0.1) is 0 Å². The topological polar surface area (TPSA) is 64.4 Å². The summed E-state index contributed by atoms with van der Waals surface area (Å²) in [4.78, 5) is 26.1. The molecule has 1 aliphatic rings. The molecule has 0 bridgehead atoms. The predicted molar refractivity (Wildman–Crippen MR) is 103 cm³/mol. The largest absolute Gasteiger partial charge is 0.465 e. The number of ether oxygens (including phenoxy) is 1. The van der Waals surface area contributed by atoms with Gasteiger partial charge in [0.05, 0.1) is 24.9 Å². The van der Waals surface area contributed by atoms with Crippen molar-refractivity contribution in [3.8, 4) is 0 Å². The van der Waals surface area contributed by atoms with Crippen LogP contribution < -0.4 is 4.90 Å². The maximum absolute atomic E-state index is 13.0. The lowest BCUT2D eigenvalue weighted by Gasteiger charge is -2.32. The highest BCUT2D eigenvalue weighted by molar-refractivity contribution is 7.59. The molecule has 1 aliphatic heterocycles. The minimum atomic E-state index is -4.46. The third kappa shape index (κ3) is 3.87. The second-order valence-electron chi connectivity index (χ2n) is 6.10. The van der Waals surface area contributed by atoms with Gasteiger partial charge in [0.1, 0.15) is 11.3 Å². The average molecular weight is 417 g/mol. The Hall–Kier alpha value is -2.49. The van der Waals surface area contributed by atoms with Gasteiger partial charge in [0.25, 0.3) is 5.91 Å². The number of benzene rings is 1. The number of alkyl halides is 3. The molecule has 0 saturated carbocycles. The highest BCUT2D eigenvalue weighted by Crippen LogP contribution is 2.35. The monoisotopic (exact) mass is 417 g/mol. The Kier molecular flexibility index (Phi) is 6.94. The van der Waals surface area contributed by atoms with Crippen molar-refractivity contribution in [3.05, 3.63) is 46.8 Å². The fourth-order valence-corrected chi connectivity index (χ4v) is 3.08. The van der Waals surface area contributed by atoms with Gasteiger partial charge in [0, 0.05) is 12.2 Å². The molecule has 2 heterocycles. The van der Waals surface area contributed by atoms with Crippen LogP contribution in [0.2, 0.25) is 0 Å². The van der Waals surface area contributed by atoms with Crippen LogP contribution in [0.1, 0.15) is 52.4 Å². The Labute approximate surface area is 167 Å². The molecule has 0 radical (unpaired) electrons. The Morgan fingerprint density at radius 2 is 1.96 bits per heavy atom. The molecule has 154 valence electrons. The van der Waals surface area contributed by atoms with Gasteiger partial charge in [-0.05, 0) is 37.6 Å². The van der Waals surface area contributed by atoms with Crippen molar-refractivity contribution in [1.29, 1.82) is 0 Å². The number of hydrogen-bond donors (Lipinski definition) is 0. The minimum absolute atomic E-state index is 0. The summed E-state index contributed by atoms with van der Waals surface area (Å²) >= 11 is 0. The van der Waals surface area contributed by atoms with E-state index in [0.717, 1.165) is 6.07 Å². The normalized spacial score (nSPS) is 16.0. The van der Waals surface area contributed by atoms with Crippen molar-refractivity contribution in [2.24, 2.45) is 0 Å². The van der Waals surface area contributed by atoms with Crippen LogP contribution in [0.3, 0.4) is 0 Å². The molecule has 0 saturated heterocycles. The zero-order valence-corrected chi connectivity index (χ0v) is 15.8. The van der Waals surface area contributed by atoms with Gasteiger partial charge in [-0.3, -0.25) is 9.48 Å². The number of halogens is 3. The number of amides is 1. The molecule has 28 heavy (non-hydrogen) atoms. The molecule has 1 amide bonds. The molecule has 1 aromatic heterocycles. The number of methoxy groups -OCH3 is 1. The minimum Gasteiger partial charge on any atom is -0.465 e. The Balaban J connectivity index is 0.00000196. The SMILES string of the molecule is C.COC(=O)c1cnn2c1C(=O)N(c1ccc(C(F)(F)F)c(C)c1)C[C@@H]2C.S. The zero-order valence-electron chi connectivity index (χ0n) is 14.8. The first-order valence-electron chi connectivity index (χ1n) is 7.80. The summed E-state index contributed by atoms with van der Waals surface area (Å²) < 4.78 is 45.0. The maximum atomic E-state index is 13.0. The lowest BCUT2D eigenvalue weighted by molar-refractivity contribution is -0.138. The molecular weight excluding hydrogens is 395 g/mol. The van der Waals surface area contributed by atoms with E-state index in [9.17, 15) is 22.8 Å². The number of aryl methyl sites for hydroxylation is 1. The smallest absolute Gasteiger partial charge is 0.416 e. The van der Waals surface area contributed by atoms with E-state index in [4.69, 9.17) is 0 Å². The highest BCUT2D eigenvalue weighted by Gasteiger charge is 2.37. The lowest BCUT2D eigenvalue weighted by atomic mass is 10.0. The molecule has 0 spiro atoms. The predicted octanol–water partition coefficient (Wildman–Crippen LogP) is 3.97.